The monoisotopic (exact) mass is 383 g/mol. The summed E-state index contributed by atoms with van der Waals surface area (Å²) in [4.78, 5) is 27.1. The Morgan fingerprint density at radius 2 is 1.73 bits per heavy atom. The standard InChI is InChI=1S/C16H25N5O4S/c1-12-15(13(2)18-17-12)26(24,25)21-5-3-14(4-6-21)16(23)20-9-7-19(11-22)8-10-20/h11,14H,3-10H2,1-2H3,(H,17,18). The van der Waals surface area contributed by atoms with Crippen molar-refractivity contribution in [3.8, 4) is 0 Å². The number of rotatable bonds is 4. The number of aryl methyl sites for hydroxylation is 2. The van der Waals surface area contributed by atoms with Crippen LogP contribution in [-0.4, -0.2) is 84.3 Å². The fourth-order valence-electron chi connectivity index (χ4n) is 3.70. The smallest absolute Gasteiger partial charge is 0.246 e. The minimum absolute atomic E-state index is 0.0725. The molecule has 3 rings (SSSR count). The Balaban J connectivity index is 1.61. The van der Waals surface area contributed by atoms with Crippen molar-refractivity contribution in [1.82, 2.24) is 24.3 Å². The number of nitrogens with zero attached hydrogens (tertiary/aromatic N) is 4. The molecule has 2 aliphatic rings. The number of aromatic nitrogens is 2. The van der Waals surface area contributed by atoms with Gasteiger partial charge in [0.05, 0.1) is 11.4 Å². The summed E-state index contributed by atoms with van der Waals surface area (Å²) in [5.74, 6) is -0.0842. The van der Waals surface area contributed by atoms with E-state index in [9.17, 15) is 18.0 Å². The molecule has 9 nitrogen and oxygen atoms in total. The first-order chi connectivity index (χ1) is 12.3. The summed E-state index contributed by atoms with van der Waals surface area (Å²) in [7, 11) is -3.60. The van der Waals surface area contributed by atoms with E-state index in [2.05, 4.69) is 10.2 Å². The minimum atomic E-state index is -3.60. The molecule has 2 aliphatic heterocycles. The molecule has 0 bridgehead atoms. The molecule has 0 aromatic carbocycles. The molecule has 1 N–H and O–H groups in total. The van der Waals surface area contributed by atoms with Crippen molar-refractivity contribution in [3.05, 3.63) is 11.4 Å². The van der Waals surface area contributed by atoms with Gasteiger partial charge in [-0.3, -0.25) is 14.7 Å². The van der Waals surface area contributed by atoms with Crippen LogP contribution in [-0.2, 0) is 19.6 Å². The lowest BCUT2D eigenvalue weighted by Gasteiger charge is -2.37. The van der Waals surface area contributed by atoms with Gasteiger partial charge in [-0.15, -0.1) is 0 Å². The van der Waals surface area contributed by atoms with Crippen molar-refractivity contribution in [2.24, 2.45) is 5.92 Å². The topological polar surface area (TPSA) is 107 Å². The number of aromatic amines is 1. The zero-order chi connectivity index (χ0) is 18.9. The van der Waals surface area contributed by atoms with Crippen LogP contribution in [0.15, 0.2) is 4.90 Å². The van der Waals surface area contributed by atoms with Gasteiger partial charge in [0.1, 0.15) is 4.90 Å². The predicted molar refractivity (Wildman–Crippen MR) is 93.8 cm³/mol. The Hall–Kier alpha value is -1.94. The Morgan fingerprint density at radius 1 is 1.12 bits per heavy atom. The summed E-state index contributed by atoms with van der Waals surface area (Å²) in [5.41, 5.74) is 1.00. The zero-order valence-corrected chi connectivity index (χ0v) is 16.0. The van der Waals surface area contributed by atoms with Gasteiger partial charge in [0, 0.05) is 45.2 Å². The van der Waals surface area contributed by atoms with Crippen LogP contribution >= 0.6 is 0 Å². The van der Waals surface area contributed by atoms with E-state index in [1.807, 2.05) is 0 Å². The van der Waals surface area contributed by atoms with Crippen LogP contribution in [0.25, 0.3) is 0 Å². The first-order valence-electron chi connectivity index (χ1n) is 8.84. The number of sulfonamides is 1. The van der Waals surface area contributed by atoms with E-state index in [4.69, 9.17) is 0 Å². The molecule has 1 aromatic rings. The molecule has 10 heteroatoms. The van der Waals surface area contributed by atoms with Crippen LogP contribution < -0.4 is 0 Å². The summed E-state index contributed by atoms with van der Waals surface area (Å²) >= 11 is 0. The Morgan fingerprint density at radius 3 is 2.23 bits per heavy atom. The van der Waals surface area contributed by atoms with E-state index in [0.717, 1.165) is 6.41 Å². The zero-order valence-electron chi connectivity index (χ0n) is 15.1. The number of hydrogen-bond donors (Lipinski definition) is 1. The van der Waals surface area contributed by atoms with E-state index >= 15 is 0 Å². The van der Waals surface area contributed by atoms with Crippen LogP contribution in [0.5, 0.6) is 0 Å². The molecule has 0 aliphatic carbocycles. The Labute approximate surface area is 153 Å². The molecular weight excluding hydrogens is 358 g/mol. The SMILES string of the molecule is Cc1n[nH]c(C)c1S(=O)(=O)N1CCC(C(=O)N2CCN(C=O)CC2)CC1. The number of H-pyrrole nitrogens is 1. The molecule has 0 radical (unpaired) electrons. The van der Waals surface area contributed by atoms with Gasteiger partial charge in [-0.25, -0.2) is 8.42 Å². The maximum Gasteiger partial charge on any atom is 0.246 e. The first-order valence-corrected chi connectivity index (χ1v) is 10.3. The number of carbonyl (C=O) groups excluding carboxylic acids is 2. The quantitative estimate of drug-likeness (QED) is 0.720. The Kier molecular flexibility index (Phi) is 5.33. The molecule has 0 spiro atoms. The second kappa shape index (κ2) is 7.36. The van der Waals surface area contributed by atoms with Crippen LogP contribution in [0.1, 0.15) is 24.2 Å². The van der Waals surface area contributed by atoms with Crippen LogP contribution in [0.3, 0.4) is 0 Å². The largest absolute Gasteiger partial charge is 0.342 e. The van der Waals surface area contributed by atoms with Gasteiger partial charge < -0.3 is 9.80 Å². The van der Waals surface area contributed by atoms with E-state index < -0.39 is 10.0 Å². The van der Waals surface area contributed by atoms with E-state index in [-0.39, 0.29) is 16.7 Å². The van der Waals surface area contributed by atoms with Gasteiger partial charge in [0.2, 0.25) is 22.3 Å². The van der Waals surface area contributed by atoms with Gasteiger partial charge in [-0.05, 0) is 26.7 Å². The number of piperazine rings is 1. The highest BCUT2D eigenvalue weighted by Crippen LogP contribution is 2.27. The summed E-state index contributed by atoms with van der Waals surface area (Å²) < 4.78 is 27.2. The maximum absolute atomic E-state index is 12.9. The third kappa shape index (κ3) is 3.48. The second-order valence-electron chi connectivity index (χ2n) is 6.91. The van der Waals surface area contributed by atoms with E-state index in [1.54, 1.807) is 23.6 Å². The van der Waals surface area contributed by atoms with Crippen molar-refractivity contribution < 1.29 is 18.0 Å². The highest BCUT2D eigenvalue weighted by Gasteiger charge is 2.36. The third-order valence-electron chi connectivity index (χ3n) is 5.24. The summed E-state index contributed by atoms with van der Waals surface area (Å²) in [6.45, 7) is 6.23. The average molecular weight is 383 g/mol. The van der Waals surface area contributed by atoms with Crippen molar-refractivity contribution in [1.29, 1.82) is 0 Å². The summed E-state index contributed by atoms with van der Waals surface area (Å²) in [6, 6.07) is 0. The van der Waals surface area contributed by atoms with Gasteiger partial charge in [0.25, 0.3) is 0 Å². The molecule has 0 unspecified atom stereocenters. The van der Waals surface area contributed by atoms with Crippen molar-refractivity contribution in [3.63, 3.8) is 0 Å². The van der Waals surface area contributed by atoms with Crippen molar-refractivity contribution in [2.45, 2.75) is 31.6 Å². The van der Waals surface area contributed by atoms with Gasteiger partial charge in [-0.2, -0.15) is 9.40 Å². The normalized spacial score (nSPS) is 20.4. The van der Waals surface area contributed by atoms with E-state index in [1.165, 1.54) is 4.31 Å². The lowest BCUT2D eigenvalue weighted by Crippen LogP contribution is -2.51. The number of nitrogens with one attached hydrogen (secondary N) is 1. The molecule has 3 heterocycles. The predicted octanol–water partition coefficient (Wildman–Crippen LogP) is -0.272. The number of hydrogen-bond acceptors (Lipinski definition) is 5. The highest BCUT2D eigenvalue weighted by atomic mass is 32.2. The van der Waals surface area contributed by atoms with Gasteiger partial charge >= 0.3 is 0 Å². The van der Waals surface area contributed by atoms with Crippen LogP contribution in [0.4, 0.5) is 0 Å². The molecule has 2 fully saturated rings. The maximum atomic E-state index is 12.9. The first kappa shape index (κ1) is 18.8. The van der Waals surface area contributed by atoms with Crippen molar-refractivity contribution >= 4 is 22.3 Å². The molecule has 1 aromatic heterocycles. The lowest BCUT2D eigenvalue weighted by atomic mass is 9.96. The Bertz CT molecular complexity index is 755. The lowest BCUT2D eigenvalue weighted by molar-refractivity contribution is -0.140. The van der Waals surface area contributed by atoms with E-state index in [0.29, 0.717) is 63.5 Å². The molecule has 2 saturated heterocycles. The highest BCUT2D eigenvalue weighted by molar-refractivity contribution is 7.89. The van der Waals surface area contributed by atoms with Crippen molar-refractivity contribution in [2.75, 3.05) is 39.3 Å². The molecular formula is C16H25N5O4S. The fourth-order valence-corrected chi connectivity index (χ4v) is 5.50. The average Bonchev–Trinajstić information content (AvgIpc) is 3.00. The van der Waals surface area contributed by atoms with Crippen LogP contribution in [0, 0.1) is 19.8 Å². The number of amides is 2. The molecule has 0 atom stereocenters. The summed E-state index contributed by atoms with van der Waals surface area (Å²) in [5, 5.41) is 6.69. The third-order valence-corrected chi connectivity index (χ3v) is 7.40. The number of carbonyl (C=O) groups is 2. The minimum Gasteiger partial charge on any atom is -0.342 e. The number of piperidine rings is 1. The summed E-state index contributed by atoms with van der Waals surface area (Å²) in [6.07, 6.45) is 1.84. The molecule has 144 valence electrons. The van der Waals surface area contributed by atoms with Gasteiger partial charge in [-0.1, -0.05) is 0 Å². The molecule has 2 amide bonds. The fraction of sp³-hybridized carbons (Fsp3) is 0.688. The second-order valence-corrected chi connectivity index (χ2v) is 8.78. The van der Waals surface area contributed by atoms with Crippen LogP contribution in [0.2, 0.25) is 0 Å². The molecule has 26 heavy (non-hydrogen) atoms. The molecule has 0 saturated carbocycles. The van der Waals surface area contributed by atoms with Gasteiger partial charge in [0.15, 0.2) is 0 Å².